The lowest BCUT2D eigenvalue weighted by molar-refractivity contribution is 0.356. The molecule has 28 nitrogen and oxygen atoms in total. The Morgan fingerprint density at radius 1 is 0.311 bits per heavy atom. The van der Waals surface area contributed by atoms with Crippen molar-refractivity contribution in [3.8, 4) is 46.0 Å². The Balaban J connectivity index is 0.000000164. The van der Waals surface area contributed by atoms with Gasteiger partial charge in [0.1, 0.15) is 75.9 Å². The van der Waals surface area contributed by atoms with Gasteiger partial charge in [-0.1, -0.05) is 13.8 Å². The summed E-state index contributed by atoms with van der Waals surface area (Å²) in [5, 5.41) is 18.6. The van der Waals surface area contributed by atoms with Crippen LogP contribution in [0.3, 0.4) is 0 Å². The number of aromatic nitrogens is 8. The van der Waals surface area contributed by atoms with Gasteiger partial charge in [-0.25, -0.2) is 39.9 Å². The average molecular weight is 1540 g/mol. The normalized spacial score (nSPS) is 12.0. The molecule has 0 spiro atoms. The molecule has 556 valence electrons. The molecule has 0 fully saturated rings. The average Bonchev–Trinajstić information content (AvgIpc) is 0.805. The highest BCUT2D eigenvalue weighted by molar-refractivity contribution is 7.77. The zero-order valence-electron chi connectivity index (χ0n) is 60.7. The maximum absolute atomic E-state index is 12.9. The molecule has 0 radical (unpaired) electrons. The zero-order valence-corrected chi connectivity index (χ0v) is 65.2. The Bertz CT molecular complexity index is 5180. The molecule has 1 atom stereocenters. The van der Waals surface area contributed by atoms with Gasteiger partial charge in [0.15, 0.2) is 46.0 Å². The number of anilines is 8. The number of nitrogens with zero attached hydrogens (tertiary/aromatic N) is 8. The van der Waals surface area contributed by atoms with E-state index in [2.05, 4.69) is 61.1 Å². The lowest BCUT2D eigenvalue weighted by Gasteiger charge is -2.15. The lowest BCUT2D eigenvalue weighted by Crippen LogP contribution is -2.08. The predicted octanol–water partition coefficient (Wildman–Crippen LogP) is 14.1. The van der Waals surface area contributed by atoms with Crippen LogP contribution < -0.4 is 80.4 Å². The number of ether oxygens (including phenoxy) is 8. The minimum Gasteiger partial charge on any atom is -0.493 e. The molecule has 4 aromatic heterocycles. The highest BCUT2D eigenvalue weighted by Gasteiger charge is 2.31. The van der Waals surface area contributed by atoms with Crippen LogP contribution in [0.5, 0.6) is 46.0 Å². The standard InChI is InChI=1S/C20H24N3O3P.2C18H20N3O3P.C17H19N3O7P2/c1-5-27(24,6-2)15-9-7-14(8-10-15)23-20-16-11-18(25-3)19(26-4)12-17(16)21-13-22-20;2*1-23-16-9-14-15(10-17(16)24-2)19-11-20-18(14)21-12-5-7-13(8-6-12)25(3,4)22;1-26-15-7-13-14(8-16(15)27-2)18-9-19-17(13)20-11-3-5-12(6-4-11)28(21,22)10-29(23,24)25/h7-13H,5-6H2,1-4H3,(H,21,22,23);2*5-11H,1-4H3,(H,19,20,21);3-9H,10H2,1-2H3,(H,21,22)(H,18,19,20)(H2,23,24,25). The van der Waals surface area contributed by atoms with Crippen molar-refractivity contribution in [2.75, 3.05) is 123 Å². The summed E-state index contributed by atoms with van der Waals surface area (Å²) < 4.78 is 103. The number of nitrogens with one attached hydrogen (secondary N) is 4. The second-order valence-corrected chi connectivity index (χ2v) is 38.6. The second-order valence-electron chi connectivity index (χ2n) is 24.2. The third kappa shape index (κ3) is 19.8. The van der Waals surface area contributed by atoms with Crippen LogP contribution in [0.1, 0.15) is 13.8 Å². The minimum atomic E-state index is -4.63. The van der Waals surface area contributed by atoms with Gasteiger partial charge in [0.25, 0.3) is 0 Å². The molecule has 12 aromatic rings. The number of benzene rings is 8. The first kappa shape index (κ1) is 79.9. The number of fused-ring (bicyclic) bond motifs is 4. The molecule has 0 aliphatic heterocycles. The van der Waals surface area contributed by atoms with Crippen molar-refractivity contribution in [1.82, 2.24) is 39.9 Å². The van der Waals surface area contributed by atoms with E-state index in [1.165, 1.54) is 63.8 Å². The fourth-order valence-corrected chi connectivity index (χ4v) is 17.7. The van der Waals surface area contributed by atoms with Crippen molar-refractivity contribution in [3.05, 3.63) is 171 Å². The third-order valence-electron chi connectivity index (χ3n) is 16.6. The monoisotopic (exact) mass is 1540 g/mol. The number of hydrogen-bond donors (Lipinski definition) is 7. The van der Waals surface area contributed by atoms with Crippen LogP contribution in [0.25, 0.3) is 43.6 Å². The number of hydrogen-bond acceptors (Lipinski definition) is 25. The highest BCUT2D eigenvalue weighted by atomic mass is 31.2. The lowest BCUT2D eigenvalue weighted by atomic mass is 10.2. The predicted molar refractivity (Wildman–Crippen MR) is 422 cm³/mol. The van der Waals surface area contributed by atoms with Crippen molar-refractivity contribution in [3.63, 3.8) is 0 Å². The van der Waals surface area contributed by atoms with Crippen molar-refractivity contribution in [2.45, 2.75) is 13.8 Å². The van der Waals surface area contributed by atoms with Gasteiger partial charge >= 0.3 is 7.60 Å². The van der Waals surface area contributed by atoms with Crippen molar-refractivity contribution in [2.24, 2.45) is 0 Å². The topological polar surface area (TPSA) is 371 Å². The smallest absolute Gasteiger partial charge is 0.335 e. The molecular weight excluding hydrogens is 1460 g/mol. The summed E-state index contributed by atoms with van der Waals surface area (Å²) in [5.41, 5.74) is 6.00. The van der Waals surface area contributed by atoms with Crippen LogP contribution in [-0.4, -0.2) is 156 Å². The molecule has 0 bridgehead atoms. The van der Waals surface area contributed by atoms with Crippen LogP contribution in [-0.2, 0) is 22.8 Å². The van der Waals surface area contributed by atoms with E-state index in [9.17, 15) is 27.7 Å². The quantitative estimate of drug-likeness (QED) is 0.0276. The highest BCUT2D eigenvalue weighted by Crippen LogP contribution is 2.54. The van der Waals surface area contributed by atoms with E-state index in [0.717, 1.165) is 65.7 Å². The summed E-state index contributed by atoms with van der Waals surface area (Å²) in [4.78, 5) is 62.3. The minimum absolute atomic E-state index is 0.0506. The Labute approximate surface area is 613 Å². The number of rotatable bonds is 24. The van der Waals surface area contributed by atoms with Gasteiger partial charge in [0, 0.05) is 102 Å². The maximum Gasteiger partial charge on any atom is 0.335 e. The fraction of sp³-hybridized carbons (Fsp3) is 0.233. The van der Waals surface area contributed by atoms with Gasteiger partial charge in [0.2, 0.25) is 7.37 Å². The summed E-state index contributed by atoms with van der Waals surface area (Å²) in [6, 6.07) is 42.9. The largest absolute Gasteiger partial charge is 0.493 e. The number of methoxy groups -OCH3 is 8. The summed E-state index contributed by atoms with van der Waals surface area (Å²) in [6.45, 7) is 11.0. The van der Waals surface area contributed by atoms with E-state index in [-0.39, 0.29) is 5.30 Å². The Morgan fingerprint density at radius 2 is 0.528 bits per heavy atom. The molecule has 1 unspecified atom stereocenters. The van der Waals surface area contributed by atoms with E-state index in [1.807, 2.05) is 123 Å². The first-order valence-corrected chi connectivity index (χ1v) is 43.5. The van der Waals surface area contributed by atoms with Crippen LogP contribution in [0.15, 0.2) is 171 Å². The zero-order chi connectivity index (χ0) is 76.7. The van der Waals surface area contributed by atoms with Gasteiger partial charge in [0.05, 0.1) is 78.9 Å². The van der Waals surface area contributed by atoms with Gasteiger partial charge < -0.3 is 87.5 Å². The van der Waals surface area contributed by atoms with Crippen molar-refractivity contribution >= 4 is 147 Å². The van der Waals surface area contributed by atoms with E-state index in [0.29, 0.717) is 98.2 Å². The van der Waals surface area contributed by atoms with Crippen molar-refractivity contribution < 1.29 is 75.4 Å². The van der Waals surface area contributed by atoms with Gasteiger partial charge in [-0.15, -0.1) is 0 Å². The van der Waals surface area contributed by atoms with Crippen LogP contribution in [0.4, 0.5) is 46.0 Å². The van der Waals surface area contributed by atoms with Crippen LogP contribution >= 0.6 is 36.4 Å². The molecule has 4 heterocycles. The van der Waals surface area contributed by atoms with E-state index in [4.69, 9.17) is 47.7 Å². The Hall–Kier alpha value is -10.3. The molecule has 106 heavy (non-hydrogen) atoms. The van der Waals surface area contributed by atoms with Gasteiger partial charge in [-0.3, -0.25) is 9.13 Å². The van der Waals surface area contributed by atoms with Gasteiger partial charge in [-0.2, -0.15) is 0 Å². The molecule has 0 saturated heterocycles. The Morgan fingerprint density at radius 3 is 0.736 bits per heavy atom. The molecule has 0 saturated carbocycles. The van der Waals surface area contributed by atoms with E-state index < -0.39 is 42.3 Å². The SMILES string of the molecule is CCP(=O)(CC)c1ccc(Nc2ncnc3cc(OC)c(OC)cc23)cc1.COc1cc2ncnc(Nc3ccc(P(=O)(O)CP(=O)(O)O)cc3)c2cc1OC.COc1cc2ncnc(Nc3ccc(P(C)(C)=O)cc3)c2cc1OC.COc1cc2ncnc(Nc3ccc(P(C)(C)=O)cc3)c2cc1OC. The summed E-state index contributed by atoms with van der Waals surface area (Å²) in [6.07, 6.45) is 7.23. The first-order chi connectivity index (χ1) is 50.5. The first-order valence-electron chi connectivity index (χ1n) is 32.5. The maximum atomic E-state index is 12.9. The molecule has 33 heteroatoms. The molecule has 8 aromatic carbocycles. The fourth-order valence-electron chi connectivity index (χ4n) is 10.8. The van der Waals surface area contributed by atoms with Gasteiger partial charge in [-0.05, 0) is 148 Å². The summed E-state index contributed by atoms with van der Waals surface area (Å²) >= 11 is 0. The van der Waals surface area contributed by atoms with Crippen molar-refractivity contribution in [1.29, 1.82) is 0 Å². The Kier molecular flexibility index (Phi) is 26.2. The summed E-state index contributed by atoms with van der Waals surface area (Å²) in [7, 11) is -3.02. The molecule has 12 rings (SSSR count). The summed E-state index contributed by atoms with van der Waals surface area (Å²) in [5.74, 6) is 6.09. The second kappa shape index (κ2) is 34.8. The molecule has 0 aliphatic carbocycles. The van der Waals surface area contributed by atoms with Crippen LogP contribution in [0, 0.1) is 0 Å². The van der Waals surface area contributed by atoms with E-state index in [1.54, 1.807) is 81.5 Å². The molecular formula is C73H83N12O16P5. The molecule has 0 amide bonds. The van der Waals surface area contributed by atoms with Crippen LogP contribution in [0.2, 0.25) is 0 Å². The molecule has 0 aliphatic rings. The molecule has 7 N–H and O–H groups in total. The van der Waals surface area contributed by atoms with E-state index >= 15 is 0 Å². The third-order valence-corrected chi connectivity index (χ3v) is 27.1.